The second kappa shape index (κ2) is 9.09. The molecule has 0 bridgehead atoms. The maximum Gasteiger partial charge on any atom is 0.143 e. The number of aromatic nitrogens is 2. The summed E-state index contributed by atoms with van der Waals surface area (Å²) in [6.07, 6.45) is 1.61. The Balaban J connectivity index is 1.27. The van der Waals surface area contributed by atoms with E-state index in [1.165, 1.54) is 10.4 Å². The number of anilines is 2. The quantitative estimate of drug-likeness (QED) is 0.444. The largest absolute Gasteiger partial charge is 0.492 e. The van der Waals surface area contributed by atoms with E-state index in [9.17, 15) is 0 Å². The van der Waals surface area contributed by atoms with Gasteiger partial charge in [0, 0.05) is 41.1 Å². The summed E-state index contributed by atoms with van der Waals surface area (Å²) in [5.74, 6) is 1.70. The topological polar surface area (TPSA) is 59.5 Å². The van der Waals surface area contributed by atoms with Gasteiger partial charge in [-0.3, -0.25) is 4.90 Å². The number of nitrogens with zero attached hydrogens (tertiary/aromatic N) is 3. The van der Waals surface area contributed by atoms with Crippen molar-refractivity contribution in [3.63, 3.8) is 0 Å². The second-order valence-electron chi connectivity index (χ2n) is 6.98. The normalized spacial score (nSPS) is 14.8. The lowest BCUT2D eigenvalue weighted by Gasteiger charge is -2.26. The highest BCUT2D eigenvalue weighted by Crippen LogP contribution is 2.39. The molecular formula is C22H22N4O2S2. The Morgan fingerprint density at radius 1 is 1.07 bits per heavy atom. The van der Waals surface area contributed by atoms with Gasteiger partial charge in [-0.05, 0) is 35.7 Å². The molecule has 1 N–H and O–H groups in total. The summed E-state index contributed by atoms with van der Waals surface area (Å²) in [5.41, 5.74) is 2.15. The summed E-state index contributed by atoms with van der Waals surface area (Å²) < 4.78 is 11.3. The van der Waals surface area contributed by atoms with Gasteiger partial charge in [-0.2, -0.15) is 0 Å². The molecule has 1 aliphatic rings. The molecule has 0 aliphatic carbocycles. The number of benzene rings is 1. The second-order valence-corrected chi connectivity index (χ2v) is 8.79. The van der Waals surface area contributed by atoms with E-state index in [-0.39, 0.29) is 0 Å². The lowest BCUT2D eigenvalue weighted by molar-refractivity contribution is 0.0322. The van der Waals surface area contributed by atoms with Gasteiger partial charge in [-0.15, -0.1) is 22.7 Å². The van der Waals surface area contributed by atoms with E-state index < -0.39 is 0 Å². The van der Waals surface area contributed by atoms with Crippen molar-refractivity contribution in [3.8, 4) is 16.2 Å². The van der Waals surface area contributed by atoms with E-state index in [2.05, 4.69) is 43.1 Å². The van der Waals surface area contributed by atoms with Crippen molar-refractivity contribution in [2.24, 2.45) is 0 Å². The molecule has 0 radical (unpaired) electrons. The highest BCUT2D eigenvalue weighted by atomic mass is 32.1. The molecular weight excluding hydrogens is 416 g/mol. The molecule has 0 atom stereocenters. The zero-order chi connectivity index (χ0) is 20.2. The molecule has 4 heterocycles. The molecule has 1 fully saturated rings. The Bertz CT molecular complexity index is 1090. The van der Waals surface area contributed by atoms with Crippen molar-refractivity contribution in [2.75, 3.05) is 44.8 Å². The average molecular weight is 439 g/mol. The molecule has 154 valence electrons. The summed E-state index contributed by atoms with van der Waals surface area (Å²) in [6, 6.07) is 12.2. The van der Waals surface area contributed by atoms with Crippen LogP contribution in [0.4, 0.5) is 11.5 Å². The van der Waals surface area contributed by atoms with E-state index in [1.807, 2.05) is 24.3 Å². The van der Waals surface area contributed by atoms with Gasteiger partial charge in [0.1, 0.15) is 29.3 Å². The van der Waals surface area contributed by atoms with Crippen molar-refractivity contribution in [3.05, 3.63) is 53.5 Å². The minimum absolute atomic E-state index is 0.679. The molecule has 1 saturated heterocycles. The lowest BCUT2D eigenvalue weighted by atomic mass is 10.2. The van der Waals surface area contributed by atoms with Crippen LogP contribution in [0.1, 0.15) is 0 Å². The van der Waals surface area contributed by atoms with Crippen LogP contribution in [0.2, 0.25) is 0 Å². The average Bonchev–Trinajstić information content (AvgIpc) is 3.46. The first-order chi connectivity index (χ1) is 14.9. The van der Waals surface area contributed by atoms with Gasteiger partial charge >= 0.3 is 0 Å². The van der Waals surface area contributed by atoms with Crippen LogP contribution in [0.25, 0.3) is 20.7 Å². The number of nitrogens with one attached hydrogen (secondary N) is 1. The molecule has 1 aliphatic heterocycles. The Labute approximate surface area is 183 Å². The van der Waals surface area contributed by atoms with Crippen LogP contribution in [0.15, 0.2) is 53.5 Å². The van der Waals surface area contributed by atoms with Gasteiger partial charge in [-0.1, -0.05) is 6.07 Å². The van der Waals surface area contributed by atoms with Crippen LogP contribution in [-0.2, 0) is 4.74 Å². The van der Waals surface area contributed by atoms with Gasteiger partial charge < -0.3 is 14.8 Å². The molecule has 30 heavy (non-hydrogen) atoms. The fourth-order valence-electron chi connectivity index (χ4n) is 3.47. The minimum atomic E-state index is 0.679. The highest BCUT2D eigenvalue weighted by molar-refractivity contribution is 7.18. The van der Waals surface area contributed by atoms with Gasteiger partial charge in [0.2, 0.25) is 0 Å². The molecule has 0 saturated carbocycles. The van der Waals surface area contributed by atoms with Crippen LogP contribution in [0, 0.1) is 0 Å². The number of morpholine rings is 1. The predicted octanol–water partition coefficient (Wildman–Crippen LogP) is 4.87. The molecule has 1 aromatic carbocycles. The van der Waals surface area contributed by atoms with Gasteiger partial charge in [0.25, 0.3) is 0 Å². The van der Waals surface area contributed by atoms with E-state index in [1.54, 1.807) is 29.0 Å². The van der Waals surface area contributed by atoms with E-state index >= 15 is 0 Å². The van der Waals surface area contributed by atoms with Crippen molar-refractivity contribution in [1.82, 2.24) is 14.9 Å². The molecule has 0 unspecified atom stereocenters. The third-order valence-electron chi connectivity index (χ3n) is 5.05. The number of hydrogen-bond acceptors (Lipinski definition) is 8. The SMILES string of the molecule is c1csc(-c2csc3ncnc(Nc4ccc(OCCN5CCOCC5)cc4)c23)c1. The van der Waals surface area contributed by atoms with Crippen LogP contribution >= 0.6 is 22.7 Å². The molecule has 8 heteroatoms. The third kappa shape index (κ3) is 4.32. The predicted molar refractivity (Wildman–Crippen MR) is 123 cm³/mol. The lowest BCUT2D eigenvalue weighted by Crippen LogP contribution is -2.38. The zero-order valence-corrected chi connectivity index (χ0v) is 18.0. The molecule has 6 nitrogen and oxygen atoms in total. The molecule has 3 aromatic heterocycles. The number of rotatable bonds is 7. The number of hydrogen-bond donors (Lipinski definition) is 1. The Hall–Kier alpha value is -2.52. The monoisotopic (exact) mass is 438 g/mol. The van der Waals surface area contributed by atoms with Crippen molar-refractivity contribution >= 4 is 44.4 Å². The number of thiophene rings is 2. The third-order valence-corrected chi connectivity index (χ3v) is 6.84. The summed E-state index contributed by atoms with van der Waals surface area (Å²) in [6.45, 7) is 5.19. The van der Waals surface area contributed by atoms with E-state index in [0.717, 1.165) is 60.3 Å². The number of fused-ring (bicyclic) bond motifs is 1. The first-order valence-corrected chi connectivity index (χ1v) is 11.7. The Morgan fingerprint density at radius 2 is 1.93 bits per heavy atom. The summed E-state index contributed by atoms with van der Waals surface area (Å²) in [7, 11) is 0. The summed E-state index contributed by atoms with van der Waals surface area (Å²) in [4.78, 5) is 13.5. The fraction of sp³-hybridized carbons (Fsp3) is 0.273. The van der Waals surface area contributed by atoms with E-state index in [4.69, 9.17) is 9.47 Å². The molecule has 0 amide bonds. The molecule has 4 aromatic rings. The summed E-state index contributed by atoms with van der Waals surface area (Å²) in [5, 5.41) is 8.76. The minimum Gasteiger partial charge on any atom is -0.492 e. The van der Waals surface area contributed by atoms with Crippen LogP contribution < -0.4 is 10.1 Å². The first-order valence-electron chi connectivity index (χ1n) is 9.93. The van der Waals surface area contributed by atoms with Crippen molar-refractivity contribution in [1.29, 1.82) is 0 Å². The van der Waals surface area contributed by atoms with Gasteiger partial charge in [0.15, 0.2) is 0 Å². The van der Waals surface area contributed by atoms with Crippen molar-refractivity contribution < 1.29 is 9.47 Å². The van der Waals surface area contributed by atoms with Gasteiger partial charge in [0.05, 0.1) is 18.6 Å². The van der Waals surface area contributed by atoms with E-state index in [0.29, 0.717) is 6.61 Å². The van der Waals surface area contributed by atoms with Crippen LogP contribution in [0.3, 0.4) is 0 Å². The maximum atomic E-state index is 5.91. The van der Waals surface area contributed by atoms with Crippen LogP contribution in [0.5, 0.6) is 5.75 Å². The Kier molecular flexibility index (Phi) is 5.89. The molecule has 0 spiro atoms. The number of ether oxygens (including phenoxy) is 2. The summed E-state index contributed by atoms with van der Waals surface area (Å²) >= 11 is 3.37. The van der Waals surface area contributed by atoms with Crippen molar-refractivity contribution in [2.45, 2.75) is 0 Å². The maximum absolute atomic E-state index is 5.91. The fourth-order valence-corrected chi connectivity index (χ4v) is 5.20. The van der Waals surface area contributed by atoms with Gasteiger partial charge in [-0.25, -0.2) is 9.97 Å². The first kappa shape index (κ1) is 19.4. The zero-order valence-electron chi connectivity index (χ0n) is 16.4. The molecule has 5 rings (SSSR count). The van der Waals surface area contributed by atoms with Crippen LogP contribution in [-0.4, -0.2) is 54.3 Å². The Morgan fingerprint density at radius 3 is 2.73 bits per heavy atom. The standard InChI is InChI=1S/C22H22N4O2S2/c1-2-19(29-13-1)18-14-30-22-20(18)21(23-15-24-22)25-16-3-5-17(6-4-16)28-12-9-26-7-10-27-11-8-26/h1-6,13-15H,7-12H2,(H,23,24,25). The smallest absolute Gasteiger partial charge is 0.143 e. The highest BCUT2D eigenvalue weighted by Gasteiger charge is 2.14.